The molecule has 0 spiro atoms. The molecule has 1 fully saturated rings. The average molecular weight is 294 g/mol. The van der Waals surface area contributed by atoms with Gasteiger partial charge in [0.05, 0.1) is 6.54 Å². The zero-order valence-electron chi connectivity index (χ0n) is 10.5. The van der Waals surface area contributed by atoms with E-state index in [1.807, 2.05) is 5.38 Å². The molecule has 1 aliphatic rings. The molecule has 0 aromatic carbocycles. The molecule has 0 atom stereocenters. The molecule has 0 saturated carbocycles. The summed E-state index contributed by atoms with van der Waals surface area (Å²) in [4.78, 5) is 8.64. The number of piperazine rings is 1. The number of hydrogen-bond acceptors (Lipinski definition) is 5. The van der Waals surface area contributed by atoms with Gasteiger partial charge in [-0.3, -0.25) is 4.90 Å². The van der Waals surface area contributed by atoms with Gasteiger partial charge in [-0.2, -0.15) is 13.2 Å². The monoisotopic (exact) mass is 294 g/mol. The maximum Gasteiger partial charge on any atom is 0.401 e. The van der Waals surface area contributed by atoms with Gasteiger partial charge < -0.3 is 10.2 Å². The van der Waals surface area contributed by atoms with E-state index in [1.165, 1.54) is 0 Å². The molecule has 4 nitrogen and oxygen atoms in total. The van der Waals surface area contributed by atoms with Gasteiger partial charge in [-0.25, -0.2) is 4.98 Å². The summed E-state index contributed by atoms with van der Waals surface area (Å²) < 4.78 is 35.8. The number of halogens is 3. The standard InChI is InChI=1S/C11H17F3N4S/c12-11(13,14)9-15-1-3-17-4-6-18(7-5-17)10-16-2-8-19-10/h2,8,15H,1,3-7,9H2. The maximum atomic E-state index is 11.9. The summed E-state index contributed by atoms with van der Waals surface area (Å²) in [6, 6.07) is 0. The number of anilines is 1. The zero-order valence-corrected chi connectivity index (χ0v) is 11.3. The fourth-order valence-electron chi connectivity index (χ4n) is 2.00. The third-order valence-electron chi connectivity index (χ3n) is 2.99. The Morgan fingerprint density at radius 3 is 2.58 bits per heavy atom. The van der Waals surface area contributed by atoms with Gasteiger partial charge >= 0.3 is 6.18 Å². The van der Waals surface area contributed by atoms with Crippen molar-refractivity contribution < 1.29 is 13.2 Å². The lowest BCUT2D eigenvalue weighted by Gasteiger charge is -2.34. The van der Waals surface area contributed by atoms with Crippen LogP contribution in [0.5, 0.6) is 0 Å². The summed E-state index contributed by atoms with van der Waals surface area (Å²) in [5.74, 6) is 0. The molecule has 1 aromatic heterocycles. The van der Waals surface area contributed by atoms with Crippen LogP contribution < -0.4 is 10.2 Å². The third kappa shape index (κ3) is 4.96. The first-order valence-electron chi connectivity index (χ1n) is 6.19. The van der Waals surface area contributed by atoms with Crippen LogP contribution in [-0.2, 0) is 0 Å². The molecule has 1 N–H and O–H groups in total. The van der Waals surface area contributed by atoms with Crippen molar-refractivity contribution in [2.24, 2.45) is 0 Å². The summed E-state index contributed by atoms with van der Waals surface area (Å²) in [7, 11) is 0. The number of nitrogens with one attached hydrogen (secondary N) is 1. The van der Waals surface area contributed by atoms with Crippen molar-refractivity contribution in [1.82, 2.24) is 15.2 Å². The van der Waals surface area contributed by atoms with Crippen molar-refractivity contribution >= 4 is 16.5 Å². The summed E-state index contributed by atoms with van der Waals surface area (Å²) in [5, 5.41) is 5.39. The molecule has 2 rings (SSSR count). The Kier molecular flexibility index (Phi) is 5.00. The highest BCUT2D eigenvalue weighted by molar-refractivity contribution is 7.13. The van der Waals surface area contributed by atoms with E-state index in [9.17, 15) is 13.2 Å². The van der Waals surface area contributed by atoms with Crippen LogP contribution in [0, 0.1) is 0 Å². The SMILES string of the molecule is FC(F)(F)CNCCN1CCN(c2nccs2)CC1. The first-order chi connectivity index (χ1) is 9.04. The van der Waals surface area contributed by atoms with Crippen LogP contribution in [0.25, 0.3) is 0 Å². The number of aromatic nitrogens is 1. The summed E-state index contributed by atoms with van der Waals surface area (Å²) in [6.45, 7) is 3.62. The molecule has 8 heteroatoms. The number of thiazole rings is 1. The van der Waals surface area contributed by atoms with E-state index in [0.717, 1.165) is 31.3 Å². The molecule has 0 radical (unpaired) electrons. The second-order valence-corrected chi connectivity index (χ2v) is 5.31. The van der Waals surface area contributed by atoms with E-state index in [0.29, 0.717) is 13.1 Å². The van der Waals surface area contributed by atoms with Crippen LogP contribution in [0.3, 0.4) is 0 Å². The highest BCUT2D eigenvalue weighted by atomic mass is 32.1. The average Bonchev–Trinajstić information content (AvgIpc) is 2.88. The molecule has 0 bridgehead atoms. The van der Waals surface area contributed by atoms with Gasteiger partial charge in [0.1, 0.15) is 0 Å². The van der Waals surface area contributed by atoms with E-state index in [4.69, 9.17) is 0 Å². The van der Waals surface area contributed by atoms with E-state index < -0.39 is 12.7 Å². The smallest absolute Gasteiger partial charge is 0.346 e. The van der Waals surface area contributed by atoms with Crippen molar-refractivity contribution in [2.75, 3.05) is 50.7 Å². The van der Waals surface area contributed by atoms with E-state index >= 15 is 0 Å². The van der Waals surface area contributed by atoms with Gasteiger partial charge in [0, 0.05) is 50.8 Å². The van der Waals surface area contributed by atoms with Crippen LogP contribution in [0.15, 0.2) is 11.6 Å². The Morgan fingerprint density at radius 1 is 1.26 bits per heavy atom. The third-order valence-corrected chi connectivity index (χ3v) is 3.82. The first kappa shape index (κ1) is 14.5. The molecule has 2 heterocycles. The molecular weight excluding hydrogens is 277 g/mol. The Hall–Kier alpha value is -0.860. The second kappa shape index (κ2) is 6.53. The number of hydrogen-bond donors (Lipinski definition) is 1. The predicted molar refractivity (Wildman–Crippen MR) is 69.7 cm³/mol. The number of alkyl halides is 3. The molecule has 1 saturated heterocycles. The molecule has 19 heavy (non-hydrogen) atoms. The minimum Gasteiger partial charge on any atom is -0.346 e. The topological polar surface area (TPSA) is 31.4 Å². The fraction of sp³-hybridized carbons (Fsp3) is 0.727. The maximum absolute atomic E-state index is 11.9. The predicted octanol–water partition coefficient (Wildman–Crippen LogP) is 1.42. The number of rotatable bonds is 5. The van der Waals surface area contributed by atoms with Gasteiger partial charge in [-0.15, -0.1) is 11.3 Å². The van der Waals surface area contributed by atoms with Crippen molar-refractivity contribution in [3.8, 4) is 0 Å². The van der Waals surface area contributed by atoms with E-state index in [1.54, 1.807) is 17.5 Å². The van der Waals surface area contributed by atoms with Crippen molar-refractivity contribution in [1.29, 1.82) is 0 Å². The number of nitrogens with zero attached hydrogens (tertiary/aromatic N) is 3. The molecule has 108 valence electrons. The van der Waals surface area contributed by atoms with Crippen LogP contribution in [0.2, 0.25) is 0 Å². The van der Waals surface area contributed by atoms with Gasteiger partial charge in [0.25, 0.3) is 0 Å². The minimum absolute atomic E-state index is 0.372. The van der Waals surface area contributed by atoms with Gasteiger partial charge in [0.2, 0.25) is 0 Å². The Balaban J connectivity index is 1.61. The highest BCUT2D eigenvalue weighted by Crippen LogP contribution is 2.18. The highest BCUT2D eigenvalue weighted by Gasteiger charge is 2.26. The van der Waals surface area contributed by atoms with Gasteiger partial charge in [0.15, 0.2) is 5.13 Å². The van der Waals surface area contributed by atoms with Crippen LogP contribution in [0.1, 0.15) is 0 Å². The Labute approximate surface area is 114 Å². The van der Waals surface area contributed by atoms with Gasteiger partial charge in [-0.1, -0.05) is 0 Å². The molecule has 0 unspecified atom stereocenters. The van der Waals surface area contributed by atoms with Crippen molar-refractivity contribution in [3.05, 3.63) is 11.6 Å². The lowest BCUT2D eigenvalue weighted by Crippen LogP contribution is -2.48. The van der Waals surface area contributed by atoms with Crippen LogP contribution in [0.4, 0.5) is 18.3 Å². The molecule has 1 aliphatic heterocycles. The molecule has 0 aliphatic carbocycles. The van der Waals surface area contributed by atoms with E-state index in [2.05, 4.69) is 20.1 Å². The lowest BCUT2D eigenvalue weighted by molar-refractivity contribution is -0.124. The zero-order chi connectivity index (χ0) is 13.7. The molecular formula is C11H17F3N4S. The second-order valence-electron chi connectivity index (χ2n) is 4.44. The fourth-order valence-corrected chi connectivity index (χ4v) is 2.70. The summed E-state index contributed by atoms with van der Waals surface area (Å²) >= 11 is 1.61. The Bertz CT molecular complexity index is 361. The molecule has 0 amide bonds. The van der Waals surface area contributed by atoms with Crippen LogP contribution >= 0.6 is 11.3 Å². The summed E-state index contributed by atoms with van der Waals surface area (Å²) in [6.07, 6.45) is -2.34. The largest absolute Gasteiger partial charge is 0.401 e. The van der Waals surface area contributed by atoms with Crippen LogP contribution in [-0.4, -0.2) is 61.9 Å². The quantitative estimate of drug-likeness (QED) is 0.832. The lowest BCUT2D eigenvalue weighted by atomic mass is 10.3. The van der Waals surface area contributed by atoms with Gasteiger partial charge in [-0.05, 0) is 0 Å². The summed E-state index contributed by atoms with van der Waals surface area (Å²) in [5.41, 5.74) is 0. The van der Waals surface area contributed by atoms with Crippen molar-refractivity contribution in [3.63, 3.8) is 0 Å². The normalized spacial score (nSPS) is 17.9. The minimum atomic E-state index is -4.12. The Morgan fingerprint density at radius 2 is 2.00 bits per heavy atom. The van der Waals surface area contributed by atoms with E-state index in [-0.39, 0.29) is 0 Å². The molecule has 1 aromatic rings. The first-order valence-corrected chi connectivity index (χ1v) is 7.07. The van der Waals surface area contributed by atoms with Crippen molar-refractivity contribution in [2.45, 2.75) is 6.18 Å².